The van der Waals surface area contributed by atoms with E-state index in [-0.39, 0.29) is 0 Å². The number of hydrogen-bond acceptors (Lipinski definition) is 2. The van der Waals surface area contributed by atoms with Crippen molar-refractivity contribution in [2.45, 2.75) is 6.92 Å². The summed E-state index contributed by atoms with van der Waals surface area (Å²) in [5.74, 6) is 0. The van der Waals surface area contributed by atoms with Crippen molar-refractivity contribution in [3.05, 3.63) is 10.6 Å². The molecule has 0 aliphatic rings. The van der Waals surface area contributed by atoms with Gasteiger partial charge in [-0.25, -0.2) is 0 Å². The molecule has 0 fully saturated rings. The zero-order chi connectivity index (χ0) is 4.41. The van der Waals surface area contributed by atoms with Crippen LogP contribution in [0, 0.1) is 6.92 Å². The molecular formula is C3H4N2Se. The third kappa shape index (κ3) is 0.671. The summed E-state index contributed by atoms with van der Waals surface area (Å²) < 4.78 is 3.76. The molecule has 1 aromatic heterocycles. The fraction of sp³-hybridized carbons (Fsp3) is 0.333. The summed E-state index contributed by atoms with van der Waals surface area (Å²) in [5, 5.41) is 3.75. The van der Waals surface area contributed by atoms with E-state index in [0.29, 0.717) is 14.7 Å². The van der Waals surface area contributed by atoms with Gasteiger partial charge in [0, 0.05) is 0 Å². The number of aryl methyl sites for hydroxylation is 1. The Labute approximate surface area is 42.2 Å². The molecule has 2 nitrogen and oxygen atoms in total. The minimum absolute atomic E-state index is 0.337. The molecule has 0 bridgehead atoms. The Balaban J connectivity index is 3.05. The quantitative estimate of drug-likeness (QED) is 0.476. The summed E-state index contributed by atoms with van der Waals surface area (Å²) in [6.45, 7) is 1.96. The van der Waals surface area contributed by atoms with Gasteiger partial charge in [0.25, 0.3) is 0 Å². The first-order valence-electron chi connectivity index (χ1n) is 1.63. The Morgan fingerprint density at radius 3 is 2.83 bits per heavy atom. The average Bonchev–Trinajstić information content (AvgIpc) is 1.86. The van der Waals surface area contributed by atoms with Gasteiger partial charge in [0.1, 0.15) is 0 Å². The molecule has 0 aromatic carbocycles. The van der Waals surface area contributed by atoms with E-state index in [1.807, 2.05) is 11.9 Å². The number of nitrogens with zero attached hydrogens (tertiary/aromatic N) is 2. The Bertz CT molecular complexity index is 112. The van der Waals surface area contributed by atoms with Crippen LogP contribution in [0.25, 0.3) is 0 Å². The van der Waals surface area contributed by atoms with E-state index in [1.165, 1.54) is 0 Å². The van der Waals surface area contributed by atoms with Gasteiger partial charge in [0.2, 0.25) is 0 Å². The molecule has 0 aliphatic heterocycles. The van der Waals surface area contributed by atoms with Gasteiger partial charge in [0.05, 0.1) is 0 Å². The van der Waals surface area contributed by atoms with Crippen molar-refractivity contribution in [3.8, 4) is 0 Å². The third-order valence-electron chi connectivity index (χ3n) is 0.469. The van der Waals surface area contributed by atoms with Gasteiger partial charge in [-0.15, -0.1) is 0 Å². The fourth-order valence-corrected chi connectivity index (χ4v) is 1.10. The topological polar surface area (TPSA) is 25.8 Å². The predicted octanol–water partition coefficient (Wildman–Crippen LogP) is -0.158. The maximum atomic E-state index is 3.76. The molecular weight excluding hydrogens is 143 g/mol. The molecule has 3 heteroatoms. The molecule has 1 aromatic rings. The second-order valence-corrected chi connectivity index (χ2v) is 2.33. The predicted molar refractivity (Wildman–Crippen MR) is 23.7 cm³/mol. The number of rotatable bonds is 0. The van der Waals surface area contributed by atoms with E-state index in [4.69, 9.17) is 0 Å². The van der Waals surface area contributed by atoms with Crippen LogP contribution in [0.15, 0.2) is 4.94 Å². The minimum atomic E-state index is 0.337. The molecule has 0 radical (unpaired) electrons. The van der Waals surface area contributed by atoms with Crippen molar-refractivity contribution >= 4 is 14.7 Å². The summed E-state index contributed by atoms with van der Waals surface area (Å²) in [6, 6.07) is 0. The zero-order valence-electron chi connectivity index (χ0n) is 3.38. The van der Waals surface area contributed by atoms with Crippen LogP contribution in [0.2, 0.25) is 0 Å². The molecule has 32 valence electrons. The molecule has 0 unspecified atom stereocenters. The Hall–Kier alpha value is -0.141. The van der Waals surface area contributed by atoms with Gasteiger partial charge < -0.3 is 0 Å². The summed E-state index contributed by atoms with van der Waals surface area (Å²) in [4.78, 5) is 2.05. The first kappa shape index (κ1) is 4.03. The molecule has 0 saturated heterocycles. The van der Waals surface area contributed by atoms with Crippen LogP contribution in [0.1, 0.15) is 5.69 Å². The van der Waals surface area contributed by atoms with E-state index in [2.05, 4.69) is 9.19 Å². The monoisotopic (exact) mass is 148 g/mol. The summed E-state index contributed by atoms with van der Waals surface area (Å²) in [5.41, 5.74) is 1.06. The molecule has 0 amide bonds. The van der Waals surface area contributed by atoms with Crippen molar-refractivity contribution in [3.63, 3.8) is 0 Å². The van der Waals surface area contributed by atoms with E-state index in [1.54, 1.807) is 0 Å². The molecule has 0 saturated carbocycles. The summed E-state index contributed by atoms with van der Waals surface area (Å²) in [6.07, 6.45) is 0. The first-order valence-corrected chi connectivity index (χ1v) is 3.39. The van der Waals surface area contributed by atoms with E-state index in [9.17, 15) is 0 Å². The first-order chi connectivity index (χ1) is 2.89. The second-order valence-electron chi connectivity index (χ2n) is 1.05. The van der Waals surface area contributed by atoms with Crippen LogP contribution in [0.3, 0.4) is 0 Å². The van der Waals surface area contributed by atoms with Crippen molar-refractivity contribution in [2.24, 2.45) is 0 Å². The van der Waals surface area contributed by atoms with Gasteiger partial charge in [-0.2, -0.15) is 0 Å². The van der Waals surface area contributed by atoms with E-state index < -0.39 is 0 Å². The molecule has 0 atom stereocenters. The number of aromatic nitrogens is 2. The van der Waals surface area contributed by atoms with Crippen molar-refractivity contribution in [1.29, 1.82) is 0 Å². The summed E-state index contributed by atoms with van der Waals surface area (Å²) >= 11 is 0.337. The number of hydrogen-bond donors (Lipinski definition) is 0. The molecule has 0 aliphatic carbocycles. The Morgan fingerprint density at radius 2 is 2.67 bits per heavy atom. The van der Waals surface area contributed by atoms with E-state index >= 15 is 0 Å². The molecule has 0 N–H and O–H groups in total. The van der Waals surface area contributed by atoms with Crippen LogP contribution in [-0.2, 0) is 0 Å². The van der Waals surface area contributed by atoms with Gasteiger partial charge in [0.15, 0.2) is 0 Å². The molecule has 1 rings (SSSR count). The van der Waals surface area contributed by atoms with Crippen LogP contribution in [-0.4, -0.2) is 23.9 Å². The molecule has 0 spiro atoms. The van der Waals surface area contributed by atoms with Crippen LogP contribution >= 0.6 is 0 Å². The fourth-order valence-electron chi connectivity index (χ4n) is 0.211. The molecule has 1 heterocycles. The summed E-state index contributed by atoms with van der Waals surface area (Å²) in [7, 11) is 0. The van der Waals surface area contributed by atoms with Crippen molar-refractivity contribution < 1.29 is 0 Å². The third-order valence-corrected chi connectivity index (χ3v) is 1.77. The van der Waals surface area contributed by atoms with Crippen molar-refractivity contribution in [2.75, 3.05) is 0 Å². The van der Waals surface area contributed by atoms with Gasteiger partial charge in [-0.05, 0) is 0 Å². The van der Waals surface area contributed by atoms with E-state index in [0.717, 1.165) is 5.69 Å². The Morgan fingerprint density at radius 1 is 1.83 bits per heavy atom. The van der Waals surface area contributed by atoms with Crippen LogP contribution < -0.4 is 0 Å². The standard InChI is InChI=1S/C3H4N2Se/c1-3-2-6-5-4-3/h2H,1H3. The Kier molecular flexibility index (Phi) is 1.03. The molecule has 6 heavy (non-hydrogen) atoms. The van der Waals surface area contributed by atoms with Crippen molar-refractivity contribution in [1.82, 2.24) is 9.19 Å². The van der Waals surface area contributed by atoms with Gasteiger partial charge in [-0.3, -0.25) is 0 Å². The SMILES string of the molecule is Cc1c[se]nn1. The average molecular weight is 147 g/mol. The second kappa shape index (κ2) is 1.54. The van der Waals surface area contributed by atoms with Crippen LogP contribution in [0.5, 0.6) is 0 Å². The maximum absolute atomic E-state index is 3.76. The van der Waals surface area contributed by atoms with Gasteiger partial charge >= 0.3 is 41.5 Å². The normalized spacial score (nSPS) is 8.83. The zero-order valence-corrected chi connectivity index (χ0v) is 5.09. The van der Waals surface area contributed by atoms with Crippen LogP contribution in [0.4, 0.5) is 0 Å². The van der Waals surface area contributed by atoms with Gasteiger partial charge in [-0.1, -0.05) is 0 Å².